The molecule has 0 saturated heterocycles. The fourth-order valence-electron chi connectivity index (χ4n) is 7.68. The summed E-state index contributed by atoms with van der Waals surface area (Å²) in [5.41, 5.74) is 16.1. The molecule has 0 radical (unpaired) electrons. The Morgan fingerprint density at radius 1 is 0.477 bits per heavy atom. The second kappa shape index (κ2) is 10.2. The molecule has 2 nitrogen and oxygen atoms in total. The Kier molecular flexibility index (Phi) is 6.28. The SMILES string of the molecule is Cc1ccccc1N1c2ccccc2C2(c3ccccc3N(Cc3c(C)cccc3Br)c3ccccc32)c2cccc(C)c21. The summed E-state index contributed by atoms with van der Waals surface area (Å²) < 4.78 is 1.14. The number of halogens is 1. The van der Waals surface area contributed by atoms with Crippen LogP contribution >= 0.6 is 15.9 Å². The first-order valence-electron chi connectivity index (χ1n) is 15.3. The van der Waals surface area contributed by atoms with Crippen LogP contribution in [0.5, 0.6) is 0 Å². The number of para-hydroxylation sites is 5. The highest BCUT2D eigenvalue weighted by Crippen LogP contribution is 2.63. The maximum Gasteiger partial charge on any atom is 0.0782 e. The van der Waals surface area contributed by atoms with Gasteiger partial charge in [0.05, 0.1) is 16.8 Å². The van der Waals surface area contributed by atoms with Crippen molar-refractivity contribution < 1.29 is 0 Å². The van der Waals surface area contributed by atoms with E-state index in [-0.39, 0.29) is 0 Å². The van der Waals surface area contributed by atoms with Crippen LogP contribution in [0.15, 0.2) is 138 Å². The first kappa shape index (κ1) is 27.0. The van der Waals surface area contributed by atoms with Crippen LogP contribution in [-0.4, -0.2) is 0 Å². The molecule has 0 fully saturated rings. The molecule has 3 heteroatoms. The number of nitrogens with zero attached hydrogens (tertiary/aromatic N) is 2. The summed E-state index contributed by atoms with van der Waals surface area (Å²) in [6.07, 6.45) is 0. The molecular formula is C41H33BrN2. The van der Waals surface area contributed by atoms with E-state index in [1.54, 1.807) is 0 Å². The Balaban J connectivity index is 1.49. The molecule has 0 unspecified atom stereocenters. The minimum absolute atomic E-state index is 0.496. The third-order valence-corrected chi connectivity index (χ3v) is 10.4. The van der Waals surface area contributed by atoms with Crippen molar-refractivity contribution in [3.8, 4) is 0 Å². The lowest BCUT2D eigenvalue weighted by Crippen LogP contribution is -2.43. The predicted molar refractivity (Wildman–Crippen MR) is 187 cm³/mol. The zero-order valence-corrected chi connectivity index (χ0v) is 26.8. The Hall–Kier alpha value is -4.60. The number of hydrogen-bond donors (Lipinski definition) is 0. The lowest BCUT2D eigenvalue weighted by atomic mass is 9.60. The van der Waals surface area contributed by atoms with Gasteiger partial charge in [-0.15, -0.1) is 0 Å². The topological polar surface area (TPSA) is 6.48 Å². The van der Waals surface area contributed by atoms with Gasteiger partial charge in [-0.25, -0.2) is 0 Å². The first-order chi connectivity index (χ1) is 21.5. The molecule has 2 heterocycles. The second-order valence-electron chi connectivity index (χ2n) is 12.0. The van der Waals surface area contributed by atoms with Gasteiger partial charge in [0.2, 0.25) is 0 Å². The van der Waals surface area contributed by atoms with Crippen molar-refractivity contribution >= 4 is 44.4 Å². The molecule has 0 amide bonds. The van der Waals surface area contributed by atoms with E-state index in [0.29, 0.717) is 0 Å². The maximum atomic E-state index is 3.88. The highest BCUT2D eigenvalue weighted by atomic mass is 79.9. The number of benzene rings is 6. The van der Waals surface area contributed by atoms with E-state index in [9.17, 15) is 0 Å². The van der Waals surface area contributed by atoms with Gasteiger partial charge in [-0.2, -0.15) is 0 Å². The summed E-state index contributed by atoms with van der Waals surface area (Å²) in [6.45, 7) is 7.45. The van der Waals surface area contributed by atoms with Crippen molar-refractivity contribution in [3.05, 3.63) is 182 Å². The van der Waals surface area contributed by atoms with E-state index < -0.39 is 5.41 Å². The molecule has 6 aromatic carbocycles. The molecule has 0 aliphatic carbocycles. The summed E-state index contributed by atoms with van der Waals surface area (Å²) in [4.78, 5) is 5.03. The molecule has 44 heavy (non-hydrogen) atoms. The van der Waals surface area contributed by atoms with Crippen LogP contribution in [0.3, 0.4) is 0 Å². The minimum atomic E-state index is -0.496. The molecule has 6 aromatic rings. The molecule has 1 spiro atoms. The number of anilines is 5. The van der Waals surface area contributed by atoms with Crippen LogP contribution in [-0.2, 0) is 12.0 Å². The number of hydrogen-bond acceptors (Lipinski definition) is 2. The molecule has 2 aliphatic rings. The van der Waals surface area contributed by atoms with Crippen molar-refractivity contribution in [2.24, 2.45) is 0 Å². The zero-order valence-electron chi connectivity index (χ0n) is 25.2. The number of fused-ring (bicyclic) bond motifs is 8. The van der Waals surface area contributed by atoms with Gasteiger partial charge in [-0.1, -0.05) is 119 Å². The van der Waals surface area contributed by atoms with E-state index in [2.05, 4.69) is 180 Å². The van der Waals surface area contributed by atoms with Crippen molar-refractivity contribution in [1.82, 2.24) is 0 Å². The predicted octanol–water partition coefficient (Wildman–Crippen LogP) is 11.2. The summed E-state index contributed by atoms with van der Waals surface area (Å²) in [5.74, 6) is 0. The monoisotopic (exact) mass is 632 g/mol. The third kappa shape index (κ3) is 3.72. The molecule has 0 N–H and O–H groups in total. The minimum Gasteiger partial charge on any atom is -0.336 e. The smallest absolute Gasteiger partial charge is 0.0782 e. The second-order valence-corrected chi connectivity index (χ2v) is 12.9. The van der Waals surface area contributed by atoms with Crippen molar-refractivity contribution in [3.63, 3.8) is 0 Å². The highest BCUT2D eigenvalue weighted by molar-refractivity contribution is 9.10. The fourth-order valence-corrected chi connectivity index (χ4v) is 8.27. The fraction of sp³-hybridized carbons (Fsp3) is 0.122. The molecule has 0 aromatic heterocycles. The standard InChI is InChI=1S/C41H33BrN2/c1-27-15-13-21-35(42)30(27)26-43-37-23-9-5-17-31(37)41(32-18-6-10-24-38(32)43)33-19-7-11-25-39(33)44(36-22-8-4-14-28(36)2)40-29(3)16-12-20-34(40)41/h4-25H,26H2,1-3H3. The Labute approximate surface area is 268 Å². The molecule has 0 bridgehead atoms. The van der Waals surface area contributed by atoms with Crippen LogP contribution < -0.4 is 9.80 Å². The molecule has 8 rings (SSSR count). The van der Waals surface area contributed by atoms with Crippen LogP contribution in [0.25, 0.3) is 0 Å². The molecule has 0 atom stereocenters. The van der Waals surface area contributed by atoms with Gasteiger partial charge >= 0.3 is 0 Å². The lowest BCUT2D eigenvalue weighted by Gasteiger charge is -2.51. The van der Waals surface area contributed by atoms with Crippen molar-refractivity contribution in [1.29, 1.82) is 0 Å². The number of rotatable bonds is 3. The summed E-state index contributed by atoms with van der Waals surface area (Å²) in [6, 6.07) is 49.3. The van der Waals surface area contributed by atoms with Gasteiger partial charge in [-0.05, 0) is 95.6 Å². The van der Waals surface area contributed by atoms with Crippen molar-refractivity contribution in [2.75, 3.05) is 9.80 Å². The molecule has 214 valence electrons. The van der Waals surface area contributed by atoms with Gasteiger partial charge in [0.25, 0.3) is 0 Å². The van der Waals surface area contributed by atoms with Gasteiger partial charge < -0.3 is 9.80 Å². The van der Waals surface area contributed by atoms with Gasteiger partial charge in [0.15, 0.2) is 0 Å². The zero-order chi connectivity index (χ0) is 30.0. The number of aryl methyl sites for hydroxylation is 3. The first-order valence-corrected chi connectivity index (χ1v) is 16.1. The average Bonchev–Trinajstić information content (AvgIpc) is 3.05. The largest absolute Gasteiger partial charge is 0.336 e. The Morgan fingerprint density at radius 2 is 0.955 bits per heavy atom. The van der Waals surface area contributed by atoms with Gasteiger partial charge in [0, 0.05) is 28.1 Å². The van der Waals surface area contributed by atoms with Crippen LogP contribution in [0, 0.1) is 20.8 Å². The van der Waals surface area contributed by atoms with E-state index >= 15 is 0 Å². The van der Waals surface area contributed by atoms with Crippen LogP contribution in [0.2, 0.25) is 0 Å². The summed E-state index contributed by atoms with van der Waals surface area (Å²) >= 11 is 3.88. The normalized spacial score (nSPS) is 14.1. The quantitative estimate of drug-likeness (QED) is 0.191. The molecule has 0 saturated carbocycles. The van der Waals surface area contributed by atoms with E-state index in [1.165, 1.54) is 72.9 Å². The highest BCUT2D eigenvalue weighted by Gasteiger charge is 2.51. The van der Waals surface area contributed by atoms with Gasteiger partial charge in [-0.3, -0.25) is 0 Å². The van der Waals surface area contributed by atoms with Gasteiger partial charge in [0.1, 0.15) is 0 Å². The van der Waals surface area contributed by atoms with Crippen molar-refractivity contribution in [2.45, 2.75) is 32.7 Å². The summed E-state index contributed by atoms with van der Waals surface area (Å²) in [5, 5.41) is 0. The van der Waals surface area contributed by atoms with Crippen LogP contribution in [0.4, 0.5) is 28.4 Å². The Morgan fingerprint density at radius 3 is 1.59 bits per heavy atom. The van der Waals surface area contributed by atoms with Crippen LogP contribution in [0.1, 0.15) is 44.5 Å². The average molecular weight is 634 g/mol. The van der Waals surface area contributed by atoms with E-state index in [4.69, 9.17) is 0 Å². The Bertz CT molecular complexity index is 2010. The lowest BCUT2D eigenvalue weighted by molar-refractivity contribution is 0.703. The molecular weight excluding hydrogens is 600 g/mol. The summed E-state index contributed by atoms with van der Waals surface area (Å²) in [7, 11) is 0. The maximum absolute atomic E-state index is 3.88. The van der Waals surface area contributed by atoms with E-state index in [1.807, 2.05) is 0 Å². The third-order valence-electron chi connectivity index (χ3n) is 9.64. The molecule has 2 aliphatic heterocycles. The van der Waals surface area contributed by atoms with E-state index in [0.717, 1.165) is 11.0 Å².